The van der Waals surface area contributed by atoms with E-state index in [-0.39, 0.29) is 34.4 Å². The molecule has 0 aliphatic carbocycles. The van der Waals surface area contributed by atoms with Gasteiger partial charge in [-0.3, -0.25) is 9.48 Å². The first-order valence-electron chi connectivity index (χ1n) is 11.3. The van der Waals surface area contributed by atoms with Gasteiger partial charge in [0, 0.05) is 50.3 Å². The van der Waals surface area contributed by atoms with E-state index >= 15 is 0 Å². The topological polar surface area (TPSA) is 87.5 Å². The summed E-state index contributed by atoms with van der Waals surface area (Å²) in [5, 5.41) is 6.33. The van der Waals surface area contributed by atoms with E-state index in [2.05, 4.69) is 35.2 Å². The van der Waals surface area contributed by atoms with E-state index in [4.69, 9.17) is 11.6 Å². The van der Waals surface area contributed by atoms with Gasteiger partial charge >= 0.3 is 0 Å². The van der Waals surface area contributed by atoms with Crippen molar-refractivity contribution in [3.8, 4) is 0 Å². The number of hydrogen-bond acceptors (Lipinski definition) is 5. The first-order chi connectivity index (χ1) is 16.6. The van der Waals surface area contributed by atoms with Gasteiger partial charge in [0.25, 0.3) is 15.9 Å². The highest BCUT2D eigenvalue weighted by Gasteiger charge is 2.35. The lowest BCUT2D eigenvalue weighted by atomic mass is 10.1. The summed E-state index contributed by atoms with van der Waals surface area (Å²) in [5.74, 6) is -1.29. The lowest BCUT2D eigenvalue weighted by Crippen LogP contribution is -2.49. The number of carbonyl (C=O) groups is 1. The first-order valence-corrected chi connectivity index (χ1v) is 13.1. The third-order valence-corrected chi connectivity index (χ3v) is 8.34. The molecule has 35 heavy (non-hydrogen) atoms. The summed E-state index contributed by atoms with van der Waals surface area (Å²) in [4.78, 5) is 15.2. The standard InChI is InChI=1S/C24H27ClFN5O3S/c1-4-30-15-19(23(32)27-18-8-9-21(26)20(25)14-18)24(28-30)35(33,34)31-12-10-29(11-13-31)22-7-5-6-16(2)17(22)3/h5-9,14-15H,4,10-13H2,1-3H3,(H,27,32). The molecule has 0 unspecified atom stereocenters. The number of rotatable bonds is 6. The molecule has 2 aromatic carbocycles. The maximum absolute atomic E-state index is 13.5. The third-order valence-electron chi connectivity index (χ3n) is 6.21. The molecule has 1 aromatic heterocycles. The van der Waals surface area contributed by atoms with E-state index in [1.54, 1.807) is 6.92 Å². The second kappa shape index (κ2) is 9.96. The molecule has 11 heteroatoms. The van der Waals surface area contributed by atoms with E-state index in [0.29, 0.717) is 19.6 Å². The fourth-order valence-corrected chi connectivity index (χ4v) is 5.75. The Morgan fingerprint density at radius 2 is 1.86 bits per heavy atom. The molecule has 0 bridgehead atoms. The molecule has 0 atom stereocenters. The Balaban J connectivity index is 1.56. The highest BCUT2D eigenvalue weighted by molar-refractivity contribution is 7.89. The number of sulfonamides is 1. The summed E-state index contributed by atoms with van der Waals surface area (Å²) in [7, 11) is -4.03. The fraction of sp³-hybridized carbons (Fsp3) is 0.333. The molecule has 1 aliphatic heterocycles. The van der Waals surface area contributed by atoms with E-state index < -0.39 is 21.7 Å². The molecule has 1 fully saturated rings. The summed E-state index contributed by atoms with van der Waals surface area (Å²) in [6, 6.07) is 9.83. The van der Waals surface area contributed by atoms with Crippen molar-refractivity contribution in [1.29, 1.82) is 0 Å². The van der Waals surface area contributed by atoms with Crippen LogP contribution in [0.1, 0.15) is 28.4 Å². The molecule has 0 saturated carbocycles. The van der Waals surface area contributed by atoms with Crippen LogP contribution in [-0.2, 0) is 16.6 Å². The molecule has 1 amide bonds. The zero-order valence-corrected chi connectivity index (χ0v) is 21.3. The molecule has 4 rings (SSSR count). The van der Waals surface area contributed by atoms with Crippen LogP contribution < -0.4 is 10.2 Å². The van der Waals surface area contributed by atoms with Gasteiger partial charge in [0.15, 0.2) is 0 Å². The van der Waals surface area contributed by atoms with Crippen LogP contribution in [-0.4, -0.2) is 54.6 Å². The molecule has 0 radical (unpaired) electrons. The third kappa shape index (κ3) is 5.05. The number of halogens is 2. The van der Waals surface area contributed by atoms with E-state index in [9.17, 15) is 17.6 Å². The average molecular weight is 520 g/mol. The maximum Gasteiger partial charge on any atom is 0.263 e. The predicted octanol–water partition coefficient (Wildman–Crippen LogP) is 4.08. The largest absolute Gasteiger partial charge is 0.369 e. The molecule has 1 N–H and O–H groups in total. The molecule has 0 spiro atoms. The zero-order valence-electron chi connectivity index (χ0n) is 19.8. The molecular formula is C24H27ClFN5O3S. The predicted molar refractivity (Wildman–Crippen MR) is 134 cm³/mol. The van der Waals surface area contributed by atoms with E-state index in [1.807, 2.05) is 12.1 Å². The second-order valence-electron chi connectivity index (χ2n) is 8.40. The highest BCUT2D eigenvalue weighted by atomic mass is 35.5. The number of aryl methyl sites for hydroxylation is 2. The molecule has 2 heterocycles. The van der Waals surface area contributed by atoms with Gasteiger partial charge in [0.2, 0.25) is 5.03 Å². The van der Waals surface area contributed by atoms with Gasteiger partial charge in [-0.1, -0.05) is 23.7 Å². The number of benzene rings is 2. The van der Waals surface area contributed by atoms with Gasteiger partial charge in [-0.15, -0.1) is 0 Å². The Hall–Kier alpha value is -2.95. The number of nitrogens with zero attached hydrogens (tertiary/aromatic N) is 4. The van der Waals surface area contributed by atoms with Crippen LogP contribution in [0.4, 0.5) is 15.8 Å². The number of amides is 1. The van der Waals surface area contributed by atoms with Crippen LogP contribution in [0.15, 0.2) is 47.6 Å². The molecule has 186 valence electrons. The minimum absolute atomic E-state index is 0.0794. The molecule has 8 nitrogen and oxygen atoms in total. The lowest BCUT2D eigenvalue weighted by molar-refractivity contribution is 0.102. The van der Waals surface area contributed by atoms with Crippen LogP contribution >= 0.6 is 11.6 Å². The average Bonchev–Trinajstić information content (AvgIpc) is 3.29. The maximum atomic E-state index is 13.5. The number of carbonyl (C=O) groups excluding carboxylic acids is 1. The summed E-state index contributed by atoms with van der Waals surface area (Å²) in [5.41, 5.74) is 3.61. The summed E-state index contributed by atoms with van der Waals surface area (Å²) in [6.45, 7) is 7.88. The Labute approximate surface area is 209 Å². The monoisotopic (exact) mass is 519 g/mol. The summed E-state index contributed by atoms with van der Waals surface area (Å²) >= 11 is 5.80. The minimum atomic E-state index is -4.03. The van der Waals surface area contributed by atoms with Gasteiger partial charge in [-0.25, -0.2) is 12.8 Å². The van der Waals surface area contributed by atoms with Crippen molar-refractivity contribution < 1.29 is 17.6 Å². The smallest absolute Gasteiger partial charge is 0.263 e. The normalized spacial score (nSPS) is 14.8. The zero-order chi connectivity index (χ0) is 25.3. The molecule has 3 aromatic rings. The Morgan fingerprint density at radius 1 is 1.14 bits per heavy atom. The van der Waals surface area contributed by atoms with Crippen molar-refractivity contribution in [2.45, 2.75) is 32.3 Å². The van der Waals surface area contributed by atoms with Gasteiger partial charge in [0.1, 0.15) is 5.82 Å². The van der Waals surface area contributed by atoms with Crippen molar-refractivity contribution in [1.82, 2.24) is 14.1 Å². The number of aromatic nitrogens is 2. The van der Waals surface area contributed by atoms with Crippen molar-refractivity contribution in [3.05, 3.63) is 70.1 Å². The highest BCUT2D eigenvalue weighted by Crippen LogP contribution is 2.27. The first kappa shape index (κ1) is 25.2. The van der Waals surface area contributed by atoms with Crippen LogP contribution in [0.3, 0.4) is 0 Å². The number of hydrogen-bond donors (Lipinski definition) is 1. The van der Waals surface area contributed by atoms with E-state index in [0.717, 1.165) is 11.8 Å². The quantitative estimate of drug-likeness (QED) is 0.530. The number of anilines is 2. The molecular weight excluding hydrogens is 493 g/mol. The van der Waals surface area contributed by atoms with Gasteiger partial charge < -0.3 is 10.2 Å². The number of nitrogens with one attached hydrogen (secondary N) is 1. The van der Waals surface area contributed by atoms with Crippen molar-refractivity contribution in [3.63, 3.8) is 0 Å². The van der Waals surface area contributed by atoms with E-state index in [1.165, 1.54) is 38.4 Å². The van der Waals surface area contributed by atoms with Crippen molar-refractivity contribution in [2.24, 2.45) is 0 Å². The van der Waals surface area contributed by atoms with Crippen LogP contribution in [0.5, 0.6) is 0 Å². The minimum Gasteiger partial charge on any atom is -0.369 e. The Morgan fingerprint density at radius 3 is 2.51 bits per heavy atom. The molecule has 1 saturated heterocycles. The Bertz CT molecular complexity index is 1370. The van der Waals surface area contributed by atoms with Gasteiger partial charge in [-0.05, 0) is 56.2 Å². The second-order valence-corrected chi connectivity index (χ2v) is 10.7. The summed E-state index contributed by atoms with van der Waals surface area (Å²) in [6.07, 6.45) is 1.40. The van der Waals surface area contributed by atoms with Gasteiger partial charge in [-0.2, -0.15) is 9.40 Å². The molecule has 1 aliphatic rings. The van der Waals surface area contributed by atoms with Crippen molar-refractivity contribution >= 4 is 38.9 Å². The fourth-order valence-electron chi connectivity index (χ4n) is 4.05. The SMILES string of the molecule is CCn1cc(C(=O)Nc2ccc(F)c(Cl)c2)c(S(=O)(=O)N2CCN(c3cccc(C)c3C)CC2)n1. The van der Waals surface area contributed by atoms with Crippen LogP contribution in [0, 0.1) is 19.7 Å². The Kier molecular flexibility index (Phi) is 7.16. The van der Waals surface area contributed by atoms with Crippen LogP contribution in [0.2, 0.25) is 5.02 Å². The number of piperazine rings is 1. The van der Waals surface area contributed by atoms with Crippen molar-refractivity contribution in [2.75, 3.05) is 36.4 Å². The van der Waals surface area contributed by atoms with Gasteiger partial charge in [0.05, 0.1) is 10.6 Å². The summed E-state index contributed by atoms with van der Waals surface area (Å²) < 4.78 is 43.3. The lowest BCUT2D eigenvalue weighted by Gasteiger charge is -2.36. The van der Waals surface area contributed by atoms with Crippen LogP contribution in [0.25, 0.3) is 0 Å².